The van der Waals surface area contributed by atoms with Crippen LogP contribution in [0, 0.1) is 11.3 Å². The van der Waals surface area contributed by atoms with E-state index in [0.717, 1.165) is 70.0 Å². The van der Waals surface area contributed by atoms with Gasteiger partial charge in [-0.25, -0.2) is 12.4 Å². The van der Waals surface area contributed by atoms with Crippen LogP contribution in [-0.4, -0.2) is 66.2 Å². The number of nitriles is 1. The number of likely N-dealkylation sites (tertiary alicyclic amines) is 1. The number of aromatic nitrogens is 1. The Labute approximate surface area is 206 Å². The van der Waals surface area contributed by atoms with Crippen LogP contribution in [0.25, 0.3) is 10.9 Å². The van der Waals surface area contributed by atoms with Gasteiger partial charge < -0.3 is 15.1 Å². The maximum atomic E-state index is 12.9. The summed E-state index contributed by atoms with van der Waals surface area (Å²) < 4.78 is 25.3. The summed E-state index contributed by atoms with van der Waals surface area (Å²) in [6.45, 7) is 3.33. The summed E-state index contributed by atoms with van der Waals surface area (Å²) in [5.41, 5.74) is 2.84. The Morgan fingerprint density at radius 2 is 2.03 bits per heavy atom. The summed E-state index contributed by atoms with van der Waals surface area (Å²) in [7, 11) is -3.47. The molecule has 0 saturated carbocycles. The minimum atomic E-state index is -3.47. The van der Waals surface area contributed by atoms with Gasteiger partial charge in [0.15, 0.2) is 0 Å². The van der Waals surface area contributed by atoms with Crippen LogP contribution in [0.3, 0.4) is 0 Å². The number of amides is 1. The van der Waals surface area contributed by atoms with Crippen LogP contribution in [0.5, 0.6) is 0 Å². The Hall–Kier alpha value is -3.09. The first-order chi connectivity index (χ1) is 16.8. The molecule has 1 aromatic carbocycles. The normalized spacial score (nSPS) is 20.3. The van der Waals surface area contributed by atoms with E-state index in [1.165, 1.54) is 15.9 Å². The Bertz CT molecular complexity index is 1360. The number of hydrogen-bond donors (Lipinski definition) is 1. The molecule has 1 N–H and O–H groups in total. The van der Waals surface area contributed by atoms with Crippen molar-refractivity contribution < 1.29 is 13.2 Å². The quantitative estimate of drug-likeness (QED) is 0.665. The molecule has 3 heterocycles. The molecule has 184 valence electrons. The lowest BCUT2D eigenvalue weighted by molar-refractivity contribution is -0.128. The molecule has 1 amide bonds. The molecule has 35 heavy (non-hydrogen) atoms. The van der Waals surface area contributed by atoms with E-state index in [9.17, 15) is 18.5 Å². The highest BCUT2D eigenvalue weighted by Crippen LogP contribution is 2.37. The van der Waals surface area contributed by atoms with Crippen molar-refractivity contribution >= 4 is 26.8 Å². The molecule has 2 aromatic rings. The van der Waals surface area contributed by atoms with E-state index in [1.807, 2.05) is 12.1 Å². The second-order valence-electron chi connectivity index (χ2n) is 9.76. The molecule has 8 nitrogen and oxygen atoms in total. The van der Waals surface area contributed by atoms with Crippen LogP contribution >= 0.6 is 0 Å². The van der Waals surface area contributed by atoms with E-state index < -0.39 is 15.6 Å². The first-order valence-electron chi connectivity index (χ1n) is 12.2. The van der Waals surface area contributed by atoms with Gasteiger partial charge in [-0.2, -0.15) is 5.26 Å². The molecule has 2 fully saturated rings. The Kier molecular flexibility index (Phi) is 6.20. The van der Waals surface area contributed by atoms with Gasteiger partial charge in [0.2, 0.25) is 15.9 Å². The lowest BCUT2D eigenvalue weighted by Gasteiger charge is -2.44. The van der Waals surface area contributed by atoms with Crippen molar-refractivity contribution in [3.05, 3.63) is 59.4 Å². The number of carbonyl (C=O) groups is 1. The fourth-order valence-corrected chi connectivity index (χ4v) is 6.51. The summed E-state index contributed by atoms with van der Waals surface area (Å²) in [6.07, 6.45) is 14.4. The predicted molar refractivity (Wildman–Crippen MR) is 135 cm³/mol. The lowest BCUT2D eigenvalue weighted by Crippen LogP contribution is -2.55. The fraction of sp³-hybridized carbons (Fsp3) is 0.462. The highest BCUT2D eigenvalue weighted by Gasteiger charge is 2.50. The average molecular weight is 494 g/mol. The topological polar surface area (TPSA) is 98.4 Å². The molecule has 1 spiro atoms. The van der Waals surface area contributed by atoms with E-state index >= 15 is 0 Å². The summed E-state index contributed by atoms with van der Waals surface area (Å²) in [6, 6.07) is 7.79. The van der Waals surface area contributed by atoms with Crippen LogP contribution in [-0.2, 0) is 21.2 Å². The summed E-state index contributed by atoms with van der Waals surface area (Å²) in [4.78, 5) is 17.6. The largest absolute Gasteiger partial charge is 0.343 e. The minimum Gasteiger partial charge on any atom is -0.343 e. The van der Waals surface area contributed by atoms with E-state index in [2.05, 4.69) is 39.4 Å². The fourth-order valence-electron chi connectivity index (χ4n) is 5.70. The number of carbonyl (C=O) groups excluding carboxylic acids is 1. The first kappa shape index (κ1) is 23.6. The van der Waals surface area contributed by atoms with Gasteiger partial charge >= 0.3 is 0 Å². The molecule has 1 aliphatic carbocycles. The van der Waals surface area contributed by atoms with Gasteiger partial charge in [0.25, 0.3) is 0 Å². The van der Waals surface area contributed by atoms with E-state index in [-0.39, 0.29) is 5.91 Å². The van der Waals surface area contributed by atoms with E-state index in [4.69, 9.17) is 0 Å². The third-order valence-corrected chi connectivity index (χ3v) is 8.63. The Morgan fingerprint density at radius 1 is 1.23 bits per heavy atom. The predicted octanol–water partition coefficient (Wildman–Crippen LogP) is 2.71. The number of fused-ring (bicyclic) bond motifs is 1. The third-order valence-electron chi connectivity index (χ3n) is 7.61. The van der Waals surface area contributed by atoms with Crippen molar-refractivity contribution in [2.24, 2.45) is 0 Å². The molecular weight excluding hydrogens is 462 g/mol. The number of rotatable bonds is 6. The zero-order valence-electron chi connectivity index (χ0n) is 20.0. The van der Waals surface area contributed by atoms with Gasteiger partial charge in [0, 0.05) is 30.4 Å². The van der Waals surface area contributed by atoms with Gasteiger partial charge in [-0.1, -0.05) is 18.2 Å². The SMILES string of the molecule is CS(=O)(=O)n1cc(C#N)c2cc(CCCN3CCC4(CC3)C(=O)NCN4C3=CC=CCC3)ccc21. The molecule has 5 rings (SSSR count). The summed E-state index contributed by atoms with van der Waals surface area (Å²) in [5.74, 6) is 0.162. The summed E-state index contributed by atoms with van der Waals surface area (Å²) in [5, 5.41) is 13.2. The van der Waals surface area contributed by atoms with Crippen molar-refractivity contribution in [3.8, 4) is 6.07 Å². The van der Waals surface area contributed by atoms with Crippen LogP contribution in [0.4, 0.5) is 0 Å². The van der Waals surface area contributed by atoms with Crippen LogP contribution < -0.4 is 5.32 Å². The maximum Gasteiger partial charge on any atom is 0.247 e. The minimum absolute atomic E-state index is 0.162. The van der Waals surface area contributed by atoms with Crippen molar-refractivity contribution in [3.63, 3.8) is 0 Å². The van der Waals surface area contributed by atoms with Crippen molar-refractivity contribution in [2.75, 3.05) is 32.6 Å². The van der Waals surface area contributed by atoms with E-state index in [0.29, 0.717) is 23.1 Å². The standard InChI is InChI=1S/C26H31N5O3S/c1-35(33,34)31-18-21(17-27)23-16-20(9-10-24(23)31)6-5-13-29-14-11-26(12-15-29)25(32)28-19-30(26)22-7-3-2-4-8-22/h2-3,7,9-10,16,18H,4-6,8,11-15,19H2,1H3,(H,28,32). The second-order valence-corrected chi connectivity index (χ2v) is 11.6. The number of aryl methyl sites for hydroxylation is 1. The number of benzene rings is 1. The van der Waals surface area contributed by atoms with Crippen LogP contribution in [0.2, 0.25) is 0 Å². The Balaban J connectivity index is 1.21. The van der Waals surface area contributed by atoms with Crippen LogP contribution in [0.1, 0.15) is 43.2 Å². The molecule has 0 bridgehead atoms. The molecule has 9 heteroatoms. The smallest absolute Gasteiger partial charge is 0.247 e. The van der Waals surface area contributed by atoms with Gasteiger partial charge in [0.1, 0.15) is 11.6 Å². The highest BCUT2D eigenvalue weighted by atomic mass is 32.2. The zero-order valence-corrected chi connectivity index (χ0v) is 20.9. The molecule has 0 radical (unpaired) electrons. The van der Waals surface area contributed by atoms with Crippen molar-refractivity contribution in [1.82, 2.24) is 19.1 Å². The average Bonchev–Trinajstić information content (AvgIpc) is 3.38. The number of piperidine rings is 1. The van der Waals surface area contributed by atoms with Gasteiger partial charge in [-0.05, 0) is 68.8 Å². The first-order valence-corrected chi connectivity index (χ1v) is 14.1. The molecule has 2 saturated heterocycles. The molecule has 3 aliphatic rings. The zero-order chi connectivity index (χ0) is 24.6. The molecule has 0 unspecified atom stereocenters. The molecule has 0 atom stereocenters. The second kappa shape index (κ2) is 9.17. The summed E-state index contributed by atoms with van der Waals surface area (Å²) >= 11 is 0. The van der Waals surface area contributed by atoms with Gasteiger partial charge in [-0.3, -0.25) is 4.79 Å². The number of nitrogens with zero attached hydrogens (tertiary/aromatic N) is 4. The Morgan fingerprint density at radius 3 is 2.71 bits per heavy atom. The van der Waals surface area contributed by atoms with Gasteiger partial charge in [-0.15, -0.1) is 0 Å². The lowest BCUT2D eigenvalue weighted by atomic mass is 9.85. The number of allylic oxidation sites excluding steroid dienone is 4. The molecule has 2 aliphatic heterocycles. The van der Waals surface area contributed by atoms with Crippen molar-refractivity contribution in [2.45, 2.75) is 44.1 Å². The van der Waals surface area contributed by atoms with Crippen molar-refractivity contribution in [1.29, 1.82) is 5.26 Å². The van der Waals surface area contributed by atoms with Gasteiger partial charge in [0.05, 0.1) is 24.0 Å². The highest BCUT2D eigenvalue weighted by molar-refractivity contribution is 7.89. The molecular formula is C26H31N5O3S. The number of nitrogens with one attached hydrogen (secondary N) is 1. The third kappa shape index (κ3) is 4.37. The number of hydrogen-bond acceptors (Lipinski definition) is 6. The maximum absolute atomic E-state index is 12.9. The van der Waals surface area contributed by atoms with Crippen LogP contribution in [0.15, 0.2) is 48.3 Å². The van der Waals surface area contributed by atoms with E-state index in [1.54, 1.807) is 6.07 Å². The monoisotopic (exact) mass is 493 g/mol. The molecule has 1 aromatic heterocycles.